The molecule has 1 aromatic heterocycles. The van der Waals surface area contributed by atoms with Gasteiger partial charge in [-0.1, -0.05) is 50.9 Å². The van der Waals surface area contributed by atoms with Gasteiger partial charge in [0, 0.05) is 11.8 Å². The summed E-state index contributed by atoms with van der Waals surface area (Å²) in [4.78, 5) is 4.37. The van der Waals surface area contributed by atoms with Gasteiger partial charge in [-0.2, -0.15) is 0 Å². The van der Waals surface area contributed by atoms with Crippen LogP contribution in [0.15, 0.2) is 24.0 Å². The SMILES string of the molecule is C[Si](C)(C)C#Cc1ccnc(/C=C/[Si](C)(C)C)c1. The molecule has 0 unspecified atom stereocenters. The molecule has 0 radical (unpaired) electrons. The molecule has 0 amide bonds. The van der Waals surface area contributed by atoms with E-state index in [-0.39, 0.29) is 0 Å². The number of rotatable bonds is 2. The molecule has 1 aromatic rings. The van der Waals surface area contributed by atoms with Crippen LogP contribution in [0.2, 0.25) is 39.3 Å². The van der Waals surface area contributed by atoms with Gasteiger partial charge in [0.05, 0.1) is 13.8 Å². The normalized spacial score (nSPS) is 12.3. The van der Waals surface area contributed by atoms with Gasteiger partial charge in [0.25, 0.3) is 0 Å². The van der Waals surface area contributed by atoms with Gasteiger partial charge in [-0.25, -0.2) is 0 Å². The van der Waals surface area contributed by atoms with Crippen molar-refractivity contribution in [3.8, 4) is 11.5 Å². The highest BCUT2D eigenvalue weighted by Crippen LogP contribution is 2.08. The van der Waals surface area contributed by atoms with E-state index in [1.165, 1.54) is 0 Å². The van der Waals surface area contributed by atoms with Crippen LogP contribution in [0.25, 0.3) is 6.08 Å². The van der Waals surface area contributed by atoms with Crippen LogP contribution in [0, 0.1) is 11.5 Å². The lowest BCUT2D eigenvalue weighted by molar-refractivity contribution is 1.29. The molecule has 96 valence electrons. The molecule has 1 heterocycles. The van der Waals surface area contributed by atoms with Crippen molar-refractivity contribution >= 4 is 22.2 Å². The van der Waals surface area contributed by atoms with Gasteiger partial charge < -0.3 is 0 Å². The molecule has 18 heavy (non-hydrogen) atoms. The third kappa shape index (κ3) is 6.58. The standard InChI is InChI=1S/C15H23NSi2/c1-17(2,3)11-8-14-7-10-16-15(13-14)9-12-18(4,5)6/h7,9-10,12-13H,1-6H3/b12-9+. The van der Waals surface area contributed by atoms with E-state index < -0.39 is 16.1 Å². The molecular formula is C15H23NSi2. The average Bonchev–Trinajstić information content (AvgIpc) is 2.22. The summed E-state index contributed by atoms with van der Waals surface area (Å²) in [5.41, 5.74) is 7.78. The summed E-state index contributed by atoms with van der Waals surface area (Å²) in [5, 5.41) is 0. The molecule has 0 atom stereocenters. The molecule has 0 saturated heterocycles. The molecule has 0 aromatic carbocycles. The zero-order valence-corrected chi connectivity index (χ0v) is 14.3. The number of nitrogens with zero attached hydrogens (tertiary/aromatic N) is 1. The van der Waals surface area contributed by atoms with Crippen LogP contribution in [0.3, 0.4) is 0 Å². The Hall–Kier alpha value is -1.12. The van der Waals surface area contributed by atoms with Crippen molar-refractivity contribution in [3.63, 3.8) is 0 Å². The highest BCUT2D eigenvalue weighted by molar-refractivity contribution is 6.84. The molecule has 0 N–H and O–H groups in total. The molecule has 0 aliphatic rings. The Balaban J connectivity index is 2.93. The van der Waals surface area contributed by atoms with Crippen LogP contribution in [0.4, 0.5) is 0 Å². The molecular weight excluding hydrogens is 250 g/mol. The number of pyridine rings is 1. The minimum Gasteiger partial charge on any atom is -0.257 e. The third-order valence-corrected chi connectivity index (χ3v) is 4.16. The maximum absolute atomic E-state index is 4.37. The van der Waals surface area contributed by atoms with Crippen LogP contribution < -0.4 is 0 Å². The summed E-state index contributed by atoms with van der Waals surface area (Å²) >= 11 is 0. The van der Waals surface area contributed by atoms with E-state index in [0.717, 1.165) is 11.3 Å². The van der Waals surface area contributed by atoms with E-state index in [4.69, 9.17) is 0 Å². The molecule has 3 heteroatoms. The Morgan fingerprint density at radius 1 is 1.11 bits per heavy atom. The monoisotopic (exact) mass is 273 g/mol. The second kappa shape index (κ2) is 5.68. The summed E-state index contributed by atoms with van der Waals surface area (Å²) in [6, 6.07) is 4.06. The molecule has 1 nitrogen and oxygen atoms in total. The van der Waals surface area contributed by atoms with E-state index in [2.05, 4.69) is 73.6 Å². The lowest BCUT2D eigenvalue weighted by Crippen LogP contribution is -2.16. The predicted octanol–water partition coefficient (Wildman–Crippen LogP) is 4.20. The first-order chi connectivity index (χ1) is 8.16. The highest BCUT2D eigenvalue weighted by atomic mass is 28.3. The second-order valence-electron chi connectivity index (χ2n) is 6.67. The predicted molar refractivity (Wildman–Crippen MR) is 86.8 cm³/mol. The fourth-order valence-electron chi connectivity index (χ4n) is 1.21. The van der Waals surface area contributed by atoms with Crippen molar-refractivity contribution < 1.29 is 0 Å². The largest absolute Gasteiger partial charge is 0.257 e. The van der Waals surface area contributed by atoms with Crippen LogP contribution in [0.1, 0.15) is 11.3 Å². The average molecular weight is 274 g/mol. The van der Waals surface area contributed by atoms with Crippen LogP contribution in [-0.2, 0) is 0 Å². The summed E-state index contributed by atoms with van der Waals surface area (Å²) < 4.78 is 0. The first-order valence-electron chi connectivity index (χ1n) is 6.34. The fraction of sp³-hybridized carbons (Fsp3) is 0.400. The Bertz CT molecular complexity index is 494. The van der Waals surface area contributed by atoms with Gasteiger partial charge >= 0.3 is 0 Å². The van der Waals surface area contributed by atoms with E-state index in [1.807, 2.05) is 12.3 Å². The molecule has 0 spiro atoms. The minimum atomic E-state index is -1.30. The summed E-state index contributed by atoms with van der Waals surface area (Å²) in [5.74, 6) is 3.27. The Morgan fingerprint density at radius 3 is 2.33 bits per heavy atom. The van der Waals surface area contributed by atoms with Crippen molar-refractivity contribution in [2.24, 2.45) is 0 Å². The molecule has 0 fully saturated rings. The number of aromatic nitrogens is 1. The van der Waals surface area contributed by atoms with Gasteiger partial charge in [-0.3, -0.25) is 4.98 Å². The van der Waals surface area contributed by atoms with E-state index in [0.29, 0.717) is 0 Å². The summed E-state index contributed by atoms with van der Waals surface area (Å²) in [6.07, 6.45) is 3.98. The molecule has 0 aliphatic carbocycles. The molecule has 0 aliphatic heterocycles. The topological polar surface area (TPSA) is 12.9 Å². The first-order valence-corrected chi connectivity index (χ1v) is 13.4. The van der Waals surface area contributed by atoms with Crippen molar-refractivity contribution in [1.82, 2.24) is 4.98 Å². The lowest BCUT2D eigenvalue weighted by atomic mass is 10.2. The highest BCUT2D eigenvalue weighted by Gasteiger charge is 2.08. The molecule has 0 bridgehead atoms. The van der Waals surface area contributed by atoms with Crippen LogP contribution in [0.5, 0.6) is 0 Å². The van der Waals surface area contributed by atoms with E-state index in [9.17, 15) is 0 Å². The van der Waals surface area contributed by atoms with Gasteiger partial charge in [-0.15, -0.1) is 5.54 Å². The number of hydrogen-bond acceptors (Lipinski definition) is 1. The maximum atomic E-state index is 4.37. The van der Waals surface area contributed by atoms with Gasteiger partial charge in [-0.05, 0) is 18.2 Å². The van der Waals surface area contributed by atoms with Crippen LogP contribution >= 0.6 is 0 Å². The summed E-state index contributed by atoms with van der Waals surface area (Å²) in [7, 11) is -2.45. The fourth-order valence-corrected chi connectivity index (χ4v) is 2.40. The van der Waals surface area contributed by atoms with E-state index in [1.54, 1.807) is 0 Å². The molecule has 1 rings (SSSR count). The zero-order chi connectivity index (χ0) is 13.8. The smallest absolute Gasteiger partial charge is 0.129 e. The lowest BCUT2D eigenvalue weighted by Gasteiger charge is -2.07. The Morgan fingerprint density at radius 2 is 1.78 bits per heavy atom. The number of hydrogen-bond donors (Lipinski definition) is 0. The van der Waals surface area contributed by atoms with Gasteiger partial charge in [0.1, 0.15) is 8.07 Å². The van der Waals surface area contributed by atoms with Crippen LogP contribution in [-0.4, -0.2) is 21.1 Å². The van der Waals surface area contributed by atoms with Crippen molar-refractivity contribution in [3.05, 3.63) is 35.3 Å². The quantitative estimate of drug-likeness (QED) is 0.581. The molecule has 0 saturated carbocycles. The first kappa shape index (κ1) is 14.9. The van der Waals surface area contributed by atoms with Gasteiger partial charge in [0.15, 0.2) is 0 Å². The van der Waals surface area contributed by atoms with Gasteiger partial charge in [0.2, 0.25) is 0 Å². The van der Waals surface area contributed by atoms with E-state index >= 15 is 0 Å². The third-order valence-electron chi connectivity index (χ3n) is 2.12. The maximum Gasteiger partial charge on any atom is 0.129 e. The van der Waals surface area contributed by atoms with Crippen molar-refractivity contribution in [2.45, 2.75) is 39.3 Å². The second-order valence-corrected chi connectivity index (χ2v) is 16.5. The van der Waals surface area contributed by atoms with Crippen molar-refractivity contribution in [2.75, 3.05) is 0 Å². The van der Waals surface area contributed by atoms with Crippen molar-refractivity contribution in [1.29, 1.82) is 0 Å². The Kier molecular flexibility index (Phi) is 4.72. The zero-order valence-electron chi connectivity index (χ0n) is 12.3. The Labute approximate surface area is 113 Å². The minimum absolute atomic E-state index is 1.01. The summed E-state index contributed by atoms with van der Waals surface area (Å²) in [6.45, 7) is 13.7.